The molecule has 18 heavy (non-hydrogen) atoms. The minimum atomic E-state index is 0.210. The standard InChI is InChI=1S/C13H20N2O2S/c1-9-12(18-10(2)14-9)7-13(16)15-6-4-5-11(15)8-17-3/h11H,4-8H2,1-3H3/t11-/m1/s1. The Balaban J connectivity index is 2.01. The lowest BCUT2D eigenvalue weighted by Gasteiger charge is -2.23. The zero-order valence-electron chi connectivity index (χ0n) is 11.2. The number of aryl methyl sites for hydroxylation is 2. The van der Waals surface area contributed by atoms with Gasteiger partial charge in [0.2, 0.25) is 5.91 Å². The van der Waals surface area contributed by atoms with Gasteiger partial charge in [-0.05, 0) is 26.7 Å². The summed E-state index contributed by atoms with van der Waals surface area (Å²) in [5.74, 6) is 0.210. The van der Waals surface area contributed by atoms with Crippen molar-refractivity contribution in [2.24, 2.45) is 0 Å². The molecule has 0 aromatic carbocycles. The fourth-order valence-corrected chi connectivity index (χ4v) is 3.43. The molecule has 0 saturated carbocycles. The molecule has 100 valence electrons. The van der Waals surface area contributed by atoms with Crippen LogP contribution in [0, 0.1) is 13.8 Å². The first kappa shape index (κ1) is 13.5. The molecule has 4 nitrogen and oxygen atoms in total. The number of aromatic nitrogens is 1. The van der Waals surface area contributed by atoms with E-state index in [1.807, 2.05) is 18.7 Å². The van der Waals surface area contributed by atoms with Crippen LogP contribution in [-0.2, 0) is 16.0 Å². The molecule has 5 heteroatoms. The van der Waals surface area contributed by atoms with E-state index in [1.165, 1.54) is 0 Å². The Morgan fingerprint density at radius 1 is 1.56 bits per heavy atom. The smallest absolute Gasteiger partial charge is 0.228 e. The Bertz CT molecular complexity index is 431. The maximum Gasteiger partial charge on any atom is 0.228 e. The molecule has 0 radical (unpaired) electrons. The molecule has 1 aliphatic rings. The Hall–Kier alpha value is -0.940. The molecular weight excluding hydrogens is 248 g/mol. The summed E-state index contributed by atoms with van der Waals surface area (Å²) < 4.78 is 5.18. The Labute approximate surface area is 112 Å². The monoisotopic (exact) mass is 268 g/mol. The first-order valence-corrected chi connectivity index (χ1v) is 7.14. The third kappa shape index (κ3) is 2.90. The van der Waals surface area contributed by atoms with Crippen molar-refractivity contribution in [3.63, 3.8) is 0 Å². The number of hydrogen-bond acceptors (Lipinski definition) is 4. The van der Waals surface area contributed by atoms with Gasteiger partial charge in [-0.3, -0.25) is 4.79 Å². The van der Waals surface area contributed by atoms with Crippen LogP contribution in [0.15, 0.2) is 0 Å². The quantitative estimate of drug-likeness (QED) is 0.838. The highest BCUT2D eigenvalue weighted by Gasteiger charge is 2.28. The Morgan fingerprint density at radius 3 is 2.94 bits per heavy atom. The number of hydrogen-bond donors (Lipinski definition) is 0. The third-order valence-corrected chi connectivity index (χ3v) is 4.44. The number of ether oxygens (including phenoxy) is 1. The zero-order valence-corrected chi connectivity index (χ0v) is 12.0. The van der Waals surface area contributed by atoms with Gasteiger partial charge in [0.15, 0.2) is 0 Å². The van der Waals surface area contributed by atoms with Crippen molar-refractivity contribution in [2.75, 3.05) is 20.3 Å². The zero-order chi connectivity index (χ0) is 13.1. The minimum absolute atomic E-state index is 0.210. The fourth-order valence-electron chi connectivity index (χ4n) is 2.51. The molecule has 2 heterocycles. The number of thiazole rings is 1. The maximum atomic E-state index is 12.3. The predicted octanol–water partition coefficient (Wildman–Crippen LogP) is 1.94. The molecule has 2 rings (SSSR count). The Morgan fingerprint density at radius 2 is 2.33 bits per heavy atom. The predicted molar refractivity (Wildman–Crippen MR) is 71.9 cm³/mol. The summed E-state index contributed by atoms with van der Waals surface area (Å²) in [5.41, 5.74) is 0.994. The molecule has 0 bridgehead atoms. The van der Waals surface area contributed by atoms with E-state index in [4.69, 9.17) is 4.74 Å². The molecule has 1 aliphatic heterocycles. The van der Waals surface area contributed by atoms with Crippen LogP contribution >= 0.6 is 11.3 Å². The van der Waals surface area contributed by atoms with Gasteiger partial charge in [-0.25, -0.2) is 4.98 Å². The average molecular weight is 268 g/mol. The lowest BCUT2D eigenvalue weighted by Crippen LogP contribution is -2.38. The van der Waals surface area contributed by atoms with Crippen LogP contribution in [0.5, 0.6) is 0 Å². The fraction of sp³-hybridized carbons (Fsp3) is 0.692. The van der Waals surface area contributed by atoms with Crippen LogP contribution in [0.1, 0.15) is 28.4 Å². The van der Waals surface area contributed by atoms with Gasteiger partial charge in [0.05, 0.1) is 29.8 Å². The number of carbonyl (C=O) groups excluding carboxylic acids is 1. The lowest BCUT2D eigenvalue weighted by atomic mass is 10.2. The first-order valence-electron chi connectivity index (χ1n) is 6.33. The van der Waals surface area contributed by atoms with Gasteiger partial charge in [-0.15, -0.1) is 11.3 Å². The lowest BCUT2D eigenvalue weighted by molar-refractivity contribution is -0.132. The molecule has 0 N–H and O–H groups in total. The second kappa shape index (κ2) is 5.80. The number of amides is 1. The van der Waals surface area contributed by atoms with Crippen LogP contribution in [0.25, 0.3) is 0 Å². The van der Waals surface area contributed by atoms with Crippen molar-refractivity contribution in [3.05, 3.63) is 15.6 Å². The van der Waals surface area contributed by atoms with E-state index in [0.717, 1.165) is 35.0 Å². The van der Waals surface area contributed by atoms with Crippen molar-refractivity contribution >= 4 is 17.2 Å². The normalized spacial score (nSPS) is 19.5. The van der Waals surface area contributed by atoms with E-state index >= 15 is 0 Å². The second-order valence-corrected chi connectivity index (χ2v) is 6.04. The molecule has 0 spiro atoms. The van der Waals surface area contributed by atoms with E-state index in [9.17, 15) is 4.79 Å². The largest absolute Gasteiger partial charge is 0.383 e. The van der Waals surface area contributed by atoms with Gasteiger partial charge in [0, 0.05) is 18.5 Å². The molecule has 1 atom stereocenters. The molecule has 1 amide bonds. The minimum Gasteiger partial charge on any atom is -0.383 e. The summed E-state index contributed by atoms with van der Waals surface area (Å²) in [7, 11) is 1.69. The van der Waals surface area contributed by atoms with Gasteiger partial charge < -0.3 is 9.64 Å². The van der Waals surface area contributed by atoms with Crippen molar-refractivity contribution in [1.82, 2.24) is 9.88 Å². The second-order valence-electron chi connectivity index (χ2n) is 4.76. The number of likely N-dealkylation sites (tertiary alicyclic amines) is 1. The SMILES string of the molecule is COC[C@H]1CCCN1C(=O)Cc1sc(C)nc1C. The van der Waals surface area contributed by atoms with Crippen LogP contribution in [0.3, 0.4) is 0 Å². The van der Waals surface area contributed by atoms with Crippen LogP contribution < -0.4 is 0 Å². The van der Waals surface area contributed by atoms with Crippen molar-refractivity contribution in [3.8, 4) is 0 Å². The van der Waals surface area contributed by atoms with Gasteiger partial charge in [0.1, 0.15) is 0 Å². The van der Waals surface area contributed by atoms with E-state index in [-0.39, 0.29) is 11.9 Å². The van der Waals surface area contributed by atoms with E-state index < -0.39 is 0 Å². The van der Waals surface area contributed by atoms with E-state index in [1.54, 1.807) is 18.4 Å². The van der Waals surface area contributed by atoms with E-state index in [2.05, 4.69) is 4.98 Å². The van der Waals surface area contributed by atoms with Gasteiger partial charge >= 0.3 is 0 Å². The highest BCUT2D eigenvalue weighted by atomic mass is 32.1. The Kier molecular flexibility index (Phi) is 4.35. The van der Waals surface area contributed by atoms with Crippen molar-refractivity contribution in [2.45, 2.75) is 39.2 Å². The molecule has 1 saturated heterocycles. The average Bonchev–Trinajstić information content (AvgIpc) is 2.87. The summed E-state index contributed by atoms with van der Waals surface area (Å²) in [6, 6.07) is 0.261. The number of nitrogens with zero attached hydrogens (tertiary/aromatic N) is 2. The van der Waals surface area contributed by atoms with Crippen molar-refractivity contribution < 1.29 is 9.53 Å². The maximum absolute atomic E-state index is 12.3. The summed E-state index contributed by atoms with van der Waals surface area (Å²) in [6.07, 6.45) is 2.62. The number of carbonyl (C=O) groups is 1. The van der Waals surface area contributed by atoms with Crippen molar-refractivity contribution in [1.29, 1.82) is 0 Å². The molecular formula is C13H20N2O2S. The highest BCUT2D eigenvalue weighted by Crippen LogP contribution is 2.22. The summed E-state index contributed by atoms with van der Waals surface area (Å²) >= 11 is 1.63. The van der Waals surface area contributed by atoms with Gasteiger partial charge in [0.25, 0.3) is 0 Å². The number of rotatable bonds is 4. The third-order valence-electron chi connectivity index (χ3n) is 3.37. The summed E-state index contributed by atoms with van der Waals surface area (Å²) in [4.78, 5) is 19.7. The van der Waals surface area contributed by atoms with Gasteiger partial charge in [-0.2, -0.15) is 0 Å². The molecule has 1 fully saturated rings. The highest BCUT2D eigenvalue weighted by molar-refractivity contribution is 7.11. The number of methoxy groups -OCH3 is 1. The van der Waals surface area contributed by atoms with Crippen LogP contribution in [0.2, 0.25) is 0 Å². The summed E-state index contributed by atoms with van der Waals surface area (Å²) in [6.45, 7) is 5.47. The van der Waals surface area contributed by atoms with E-state index in [0.29, 0.717) is 13.0 Å². The first-order chi connectivity index (χ1) is 8.61. The molecule has 0 aliphatic carbocycles. The topological polar surface area (TPSA) is 42.4 Å². The molecule has 0 unspecified atom stereocenters. The molecule has 1 aromatic rings. The summed E-state index contributed by atoms with van der Waals surface area (Å²) in [5, 5.41) is 1.03. The molecule has 1 aromatic heterocycles. The van der Waals surface area contributed by atoms with Gasteiger partial charge in [-0.1, -0.05) is 0 Å². The van der Waals surface area contributed by atoms with Crippen LogP contribution in [-0.4, -0.2) is 42.1 Å². The van der Waals surface area contributed by atoms with Crippen LogP contribution in [0.4, 0.5) is 0 Å².